The van der Waals surface area contributed by atoms with Gasteiger partial charge in [-0.05, 0) is 18.5 Å². The zero-order valence-electron chi connectivity index (χ0n) is 6.25. The van der Waals surface area contributed by atoms with Crippen molar-refractivity contribution < 1.29 is 5.11 Å². The van der Waals surface area contributed by atoms with Crippen LogP contribution >= 0.6 is 0 Å². The van der Waals surface area contributed by atoms with Gasteiger partial charge < -0.3 is 16.3 Å². The lowest BCUT2D eigenvalue weighted by Crippen LogP contribution is -2.25. The summed E-state index contributed by atoms with van der Waals surface area (Å²) in [6, 6.07) is 0. The normalized spacial score (nSPS) is 19.7. The fourth-order valence-electron chi connectivity index (χ4n) is 1.06. The molecular formula is C6H12N4O. The molecule has 1 heterocycles. The maximum absolute atomic E-state index is 8.86. The minimum atomic E-state index is 0.0516. The van der Waals surface area contributed by atoms with Crippen LogP contribution in [0.25, 0.3) is 0 Å². The van der Waals surface area contributed by atoms with Crippen molar-refractivity contribution in [3.63, 3.8) is 0 Å². The Kier molecular flexibility index (Phi) is 3.00. The fraction of sp³-hybridized carbons (Fsp3) is 0.667. The second-order valence-electron chi connectivity index (χ2n) is 2.35. The van der Waals surface area contributed by atoms with Gasteiger partial charge in [0.2, 0.25) is 0 Å². The highest BCUT2D eigenvalue weighted by Crippen LogP contribution is 2.12. The molecule has 0 aliphatic carbocycles. The molecule has 0 atom stereocenters. The van der Waals surface area contributed by atoms with Gasteiger partial charge in [-0.1, -0.05) is 5.22 Å². The Morgan fingerprint density at radius 3 is 3.09 bits per heavy atom. The first-order valence-electron chi connectivity index (χ1n) is 3.52. The van der Waals surface area contributed by atoms with E-state index in [1.807, 2.05) is 0 Å². The fourth-order valence-corrected chi connectivity index (χ4v) is 1.06. The molecule has 0 fully saturated rings. The summed E-state index contributed by atoms with van der Waals surface area (Å²) >= 11 is 0. The molecule has 0 unspecified atom stereocenters. The number of hydrogen-bond donors (Lipinski definition) is 3. The van der Waals surface area contributed by atoms with Gasteiger partial charge in [-0.25, -0.2) is 0 Å². The number of nitrogens with one attached hydrogen (secondary N) is 1. The van der Waals surface area contributed by atoms with E-state index in [2.05, 4.69) is 15.7 Å². The third-order valence-electron chi connectivity index (χ3n) is 1.67. The summed E-state index contributed by atoms with van der Waals surface area (Å²) in [5, 5.41) is 18.8. The van der Waals surface area contributed by atoms with Crippen molar-refractivity contribution in [2.24, 2.45) is 16.2 Å². The molecule has 0 aromatic heterocycles. The van der Waals surface area contributed by atoms with Crippen molar-refractivity contribution in [1.29, 1.82) is 0 Å². The highest BCUT2D eigenvalue weighted by molar-refractivity contribution is 5.17. The van der Waals surface area contributed by atoms with E-state index < -0.39 is 0 Å². The van der Waals surface area contributed by atoms with Crippen molar-refractivity contribution in [2.75, 3.05) is 19.7 Å². The van der Waals surface area contributed by atoms with Gasteiger partial charge in [-0.2, -0.15) is 0 Å². The molecule has 11 heavy (non-hydrogen) atoms. The molecule has 1 aliphatic heterocycles. The standard InChI is InChI=1S/C6H12N4O/c7-10-9-6-3-8-2-1-5(6)4-11/h8,11H,1-4H2,(H2,7,9). The first-order valence-corrected chi connectivity index (χ1v) is 3.52. The number of aliphatic hydroxyl groups excluding tert-OH is 1. The van der Waals surface area contributed by atoms with Gasteiger partial charge in [0.25, 0.3) is 0 Å². The van der Waals surface area contributed by atoms with Crippen molar-refractivity contribution in [3.05, 3.63) is 11.3 Å². The van der Waals surface area contributed by atoms with Crippen molar-refractivity contribution >= 4 is 0 Å². The number of nitrogens with two attached hydrogens (primary N) is 1. The maximum Gasteiger partial charge on any atom is 0.0800 e. The van der Waals surface area contributed by atoms with E-state index in [4.69, 9.17) is 10.9 Å². The lowest BCUT2D eigenvalue weighted by Gasteiger charge is -2.15. The molecule has 0 spiro atoms. The van der Waals surface area contributed by atoms with Gasteiger partial charge in [-0.3, -0.25) is 0 Å². The first kappa shape index (κ1) is 8.16. The van der Waals surface area contributed by atoms with Crippen molar-refractivity contribution in [3.8, 4) is 0 Å². The van der Waals surface area contributed by atoms with Crippen LogP contribution in [0.3, 0.4) is 0 Å². The van der Waals surface area contributed by atoms with Crippen LogP contribution in [0.2, 0.25) is 0 Å². The Morgan fingerprint density at radius 1 is 1.64 bits per heavy atom. The maximum atomic E-state index is 8.86. The topological polar surface area (TPSA) is 83.0 Å². The van der Waals surface area contributed by atoms with E-state index in [1.165, 1.54) is 0 Å². The van der Waals surface area contributed by atoms with Crippen LogP contribution in [0.1, 0.15) is 6.42 Å². The zero-order chi connectivity index (χ0) is 8.10. The summed E-state index contributed by atoms with van der Waals surface area (Å²) in [4.78, 5) is 0. The van der Waals surface area contributed by atoms with Crippen molar-refractivity contribution in [2.45, 2.75) is 6.42 Å². The second-order valence-corrected chi connectivity index (χ2v) is 2.35. The molecule has 0 saturated carbocycles. The van der Waals surface area contributed by atoms with E-state index in [9.17, 15) is 0 Å². The van der Waals surface area contributed by atoms with Crippen LogP contribution in [0.5, 0.6) is 0 Å². The van der Waals surface area contributed by atoms with Crippen LogP contribution in [-0.4, -0.2) is 24.8 Å². The summed E-state index contributed by atoms with van der Waals surface area (Å²) < 4.78 is 0. The van der Waals surface area contributed by atoms with Gasteiger partial charge in [0.15, 0.2) is 0 Å². The molecule has 0 radical (unpaired) electrons. The number of aliphatic hydroxyl groups is 1. The quantitative estimate of drug-likeness (QED) is 0.288. The highest BCUT2D eigenvalue weighted by Gasteiger charge is 2.10. The van der Waals surface area contributed by atoms with Gasteiger partial charge in [-0.15, -0.1) is 5.11 Å². The van der Waals surface area contributed by atoms with E-state index >= 15 is 0 Å². The second kappa shape index (κ2) is 4.05. The number of rotatable bonds is 2. The van der Waals surface area contributed by atoms with Gasteiger partial charge in [0.05, 0.1) is 12.3 Å². The minimum absolute atomic E-state index is 0.0516. The molecule has 0 amide bonds. The summed E-state index contributed by atoms with van der Waals surface area (Å²) in [5.74, 6) is 4.89. The summed E-state index contributed by atoms with van der Waals surface area (Å²) in [6.07, 6.45) is 0.824. The molecule has 1 aliphatic rings. The van der Waals surface area contributed by atoms with Crippen LogP contribution in [0.4, 0.5) is 0 Å². The number of hydrogen-bond acceptors (Lipinski definition) is 4. The van der Waals surface area contributed by atoms with Crippen molar-refractivity contribution in [1.82, 2.24) is 5.32 Å². The number of nitrogens with zero attached hydrogens (tertiary/aromatic N) is 2. The minimum Gasteiger partial charge on any atom is -0.392 e. The van der Waals surface area contributed by atoms with E-state index in [0.29, 0.717) is 6.54 Å². The Bertz CT molecular complexity index is 187. The molecule has 5 nitrogen and oxygen atoms in total. The monoisotopic (exact) mass is 156 g/mol. The molecule has 0 bridgehead atoms. The van der Waals surface area contributed by atoms with Gasteiger partial charge >= 0.3 is 0 Å². The van der Waals surface area contributed by atoms with Crippen LogP contribution in [0, 0.1) is 0 Å². The molecule has 0 aromatic rings. The van der Waals surface area contributed by atoms with Gasteiger partial charge in [0, 0.05) is 6.54 Å². The Hall–Kier alpha value is -0.940. The first-order chi connectivity index (χ1) is 5.38. The molecule has 4 N–H and O–H groups in total. The molecule has 0 saturated heterocycles. The van der Waals surface area contributed by atoms with E-state index in [-0.39, 0.29) is 6.61 Å². The third-order valence-corrected chi connectivity index (χ3v) is 1.67. The SMILES string of the molecule is NN=NC1=C(CO)CCNC1. The lowest BCUT2D eigenvalue weighted by atomic mass is 10.1. The molecule has 5 heteroatoms. The summed E-state index contributed by atoms with van der Waals surface area (Å²) in [7, 11) is 0. The van der Waals surface area contributed by atoms with E-state index in [0.717, 1.165) is 24.2 Å². The predicted molar refractivity (Wildman–Crippen MR) is 40.6 cm³/mol. The average Bonchev–Trinajstić information content (AvgIpc) is 2.06. The molecule has 1 rings (SSSR count). The van der Waals surface area contributed by atoms with Crippen LogP contribution in [0.15, 0.2) is 21.6 Å². The average molecular weight is 156 g/mol. The largest absolute Gasteiger partial charge is 0.392 e. The summed E-state index contributed by atoms with van der Waals surface area (Å²) in [5.41, 5.74) is 1.69. The Labute approximate surface area is 65.0 Å². The van der Waals surface area contributed by atoms with Gasteiger partial charge in [0.1, 0.15) is 0 Å². The highest BCUT2D eigenvalue weighted by atomic mass is 16.3. The molecule has 0 aromatic carbocycles. The molecule has 62 valence electrons. The smallest absolute Gasteiger partial charge is 0.0800 e. The van der Waals surface area contributed by atoms with Crippen LogP contribution in [-0.2, 0) is 0 Å². The van der Waals surface area contributed by atoms with Crippen LogP contribution < -0.4 is 11.2 Å². The Morgan fingerprint density at radius 2 is 2.45 bits per heavy atom. The predicted octanol–water partition coefficient (Wildman–Crippen LogP) is -0.448. The third kappa shape index (κ3) is 1.99. The lowest BCUT2D eigenvalue weighted by molar-refractivity contribution is 0.321. The Balaban J connectivity index is 2.72. The zero-order valence-corrected chi connectivity index (χ0v) is 6.25. The molecular weight excluding hydrogens is 144 g/mol. The van der Waals surface area contributed by atoms with E-state index in [1.54, 1.807) is 0 Å². The summed E-state index contributed by atoms with van der Waals surface area (Å²) in [6.45, 7) is 1.59.